The molecule has 0 spiro atoms. The number of aromatic amines is 1. The zero-order valence-electron chi connectivity index (χ0n) is 23.0. The van der Waals surface area contributed by atoms with E-state index in [1.807, 2.05) is 0 Å². The monoisotopic (exact) mass is 592 g/mol. The summed E-state index contributed by atoms with van der Waals surface area (Å²) in [5, 5.41) is 8.77. The highest BCUT2D eigenvalue weighted by Crippen LogP contribution is 2.43. The van der Waals surface area contributed by atoms with Crippen molar-refractivity contribution < 1.29 is 40.3 Å². The summed E-state index contributed by atoms with van der Waals surface area (Å²) in [4.78, 5) is 32.3. The van der Waals surface area contributed by atoms with Crippen molar-refractivity contribution in [2.45, 2.75) is 84.4 Å². The molecule has 0 saturated heterocycles. The van der Waals surface area contributed by atoms with Gasteiger partial charge in [0, 0.05) is 12.5 Å². The zero-order valence-corrected chi connectivity index (χ0v) is 23.0. The molecular weight excluding hydrogens is 561 g/mol. The van der Waals surface area contributed by atoms with Crippen molar-refractivity contribution in [1.82, 2.24) is 30.4 Å². The Morgan fingerprint density at radius 3 is 2.29 bits per heavy atom. The van der Waals surface area contributed by atoms with Gasteiger partial charge in [-0.15, -0.1) is 0 Å². The second kappa shape index (κ2) is 11.7. The summed E-state index contributed by atoms with van der Waals surface area (Å²) < 4.78 is 94.3. The van der Waals surface area contributed by atoms with Crippen LogP contribution in [-0.4, -0.2) is 43.9 Å². The molecule has 0 fully saturated rings. The maximum atomic E-state index is 14.5. The lowest BCUT2D eigenvalue weighted by molar-refractivity contribution is -0.215. The fourth-order valence-corrected chi connectivity index (χ4v) is 4.15. The highest BCUT2D eigenvalue weighted by atomic mass is 19.4. The van der Waals surface area contributed by atoms with Crippen molar-refractivity contribution in [3.05, 3.63) is 47.3 Å². The number of H-pyrrole nitrogens is 1. The first-order valence-corrected chi connectivity index (χ1v) is 12.8. The SMILES string of the molecule is CC(C)n1ncc(F)c1C(=O)N[C@@H](CC(C)(C)C(F)(F)F)c1nc2ccc([C@@H](C)NC(=O)CCC(F)(F)F)cc2[nH]1. The minimum atomic E-state index is -4.64. The van der Waals surface area contributed by atoms with Crippen LogP contribution in [0.3, 0.4) is 0 Å². The number of carbonyl (C=O) groups is 2. The van der Waals surface area contributed by atoms with Crippen LogP contribution in [0.4, 0.5) is 30.7 Å². The van der Waals surface area contributed by atoms with Crippen molar-refractivity contribution in [1.29, 1.82) is 0 Å². The number of imidazole rings is 1. The van der Waals surface area contributed by atoms with Gasteiger partial charge < -0.3 is 15.6 Å². The van der Waals surface area contributed by atoms with E-state index in [9.17, 15) is 40.3 Å². The van der Waals surface area contributed by atoms with Gasteiger partial charge in [-0.1, -0.05) is 19.9 Å². The first-order valence-electron chi connectivity index (χ1n) is 12.8. The summed E-state index contributed by atoms with van der Waals surface area (Å²) in [5.74, 6) is -2.75. The van der Waals surface area contributed by atoms with Crippen LogP contribution in [0.1, 0.15) is 93.9 Å². The van der Waals surface area contributed by atoms with Crippen molar-refractivity contribution in [3.63, 3.8) is 0 Å². The molecule has 0 aliphatic rings. The van der Waals surface area contributed by atoms with E-state index in [2.05, 4.69) is 25.7 Å². The number of aromatic nitrogens is 4. The number of hydrogen-bond acceptors (Lipinski definition) is 4. The number of carbonyl (C=O) groups excluding carboxylic acids is 2. The molecule has 3 aromatic rings. The number of amides is 2. The number of fused-ring (bicyclic) bond motifs is 1. The summed E-state index contributed by atoms with van der Waals surface area (Å²) in [7, 11) is 0. The summed E-state index contributed by atoms with van der Waals surface area (Å²) in [6.07, 6.45) is -10.9. The van der Waals surface area contributed by atoms with Crippen LogP contribution in [0.2, 0.25) is 0 Å². The van der Waals surface area contributed by atoms with Gasteiger partial charge in [-0.25, -0.2) is 9.37 Å². The number of halogens is 7. The van der Waals surface area contributed by atoms with Gasteiger partial charge in [-0.3, -0.25) is 14.3 Å². The Labute approximate surface area is 231 Å². The normalized spacial score (nSPS) is 14.4. The minimum absolute atomic E-state index is 0.0271. The van der Waals surface area contributed by atoms with Crippen LogP contribution >= 0.6 is 0 Å². The van der Waals surface area contributed by atoms with Gasteiger partial charge in [-0.05, 0) is 44.9 Å². The summed E-state index contributed by atoms with van der Waals surface area (Å²) in [5.41, 5.74) is -1.56. The van der Waals surface area contributed by atoms with E-state index in [1.54, 1.807) is 32.9 Å². The third-order valence-electron chi connectivity index (χ3n) is 6.61. The van der Waals surface area contributed by atoms with Gasteiger partial charge in [0.15, 0.2) is 11.5 Å². The Hall–Kier alpha value is -3.65. The molecule has 0 aliphatic carbocycles. The van der Waals surface area contributed by atoms with E-state index in [-0.39, 0.29) is 5.82 Å². The molecule has 0 saturated carbocycles. The second-order valence-electron chi connectivity index (χ2n) is 10.8. The minimum Gasteiger partial charge on any atom is -0.350 e. The summed E-state index contributed by atoms with van der Waals surface area (Å²) in [6, 6.07) is 2.19. The summed E-state index contributed by atoms with van der Waals surface area (Å²) >= 11 is 0. The van der Waals surface area contributed by atoms with E-state index in [1.165, 1.54) is 6.07 Å². The quantitative estimate of drug-likeness (QED) is 0.236. The van der Waals surface area contributed by atoms with Crippen molar-refractivity contribution in [2.24, 2.45) is 5.41 Å². The van der Waals surface area contributed by atoms with Gasteiger partial charge in [0.25, 0.3) is 5.91 Å². The molecule has 8 nitrogen and oxygen atoms in total. The number of nitrogens with one attached hydrogen (secondary N) is 3. The Morgan fingerprint density at radius 1 is 1.05 bits per heavy atom. The fraction of sp³-hybridized carbons (Fsp3) is 0.538. The van der Waals surface area contributed by atoms with Crippen LogP contribution in [-0.2, 0) is 4.79 Å². The molecule has 15 heteroatoms. The van der Waals surface area contributed by atoms with E-state index >= 15 is 0 Å². The first-order chi connectivity index (χ1) is 18.8. The number of rotatable bonds is 10. The third-order valence-corrected chi connectivity index (χ3v) is 6.61. The third kappa shape index (κ3) is 7.76. The van der Waals surface area contributed by atoms with Crippen molar-refractivity contribution in [3.8, 4) is 0 Å². The van der Waals surface area contributed by atoms with Crippen LogP contribution in [0.15, 0.2) is 24.4 Å². The van der Waals surface area contributed by atoms with Gasteiger partial charge in [-0.2, -0.15) is 31.4 Å². The summed E-state index contributed by atoms with van der Waals surface area (Å²) in [6.45, 7) is 6.81. The Balaban J connectivity index is 1.92. The highest BCUT2D eigenvalue weighted by molar-refractivity contribution is 5.93. The number of hydrogen-bond donors (Lipinski definition) is 3. The Kier molecular flexibility index (Phi) is 9.08. The molecule has 2 heterocycles. The van der Waals surface area contributed by atoms with Gasteiger partial charge in [0.05, 0.1) is 41.1 Å². The highest BCUT2D eigenvalue weighted by Gasteiger charge is 2.49. The lowest BCUT2D eigenvalue weighted by Crippen LogP contribution is -2.39. The molecule has 226 valence electrons. The maximum Gasteiger partial charge on any atom is 0.394 e. The van der Waals surface area contributed by atoms with Crippen LogP contribution < -0.4 is 10.6 Å². The van der Waals surface area contributed by atoms with Gasteiger partial charge in [0.1, 0.15) is 5.82 Å². The number of nitrogens with zero attached hydrogens (tertiary/aromatic N) is 3. The average molecular weight is 593 g/mol. The predicted molar refractivity (Wildman–Crippen MR) is 135 cm³/mol. The molecule has 2 aromatic heterocycles. The molecule has 3 N–H and O–H groups in total. The molecule has 41 heavy (non-hydrogen) atoms. The Morgan fingerprint density at radius 2 is 1.71 bits per heavy atom. The van der Waals surface area contributed by atoms with Gasteiger partial charge in [0.2, 0.25) is 5.91 Å². The molecule has 0 radical (unpaired) electrons. The van der Waals surface area contributed by atoms with Crippen LogP contribution in [0.5, 0.6) is 0 Å². The van der Waals surface area contributed by atoms with Gasteiger partial charge >= 0.3 is 12.4 Å². The van der Waals surface area contributed by atoms with E-state index in [4.69, 9.17) is 0 Å². The zero-order chi connectivity index (χ0) is 30.9. The van der Waals surface area contributed by atoms with E-state index in [0.29, 0.717) is 16.6 Å². The molecule has 1 aromatic carbocycles. The molecule has 3 rings (SSSR count). The van der Waals surface area contributed by atoms with E-state index in [0.717, 1.165) is 24.7 Å². The molecule has 2 amide bonds. The standard InChI is InChI=1S/C26H31F7N6O2/c1-13(2)39-21(16(27)12-34-39)23(41)38-19(11-24(4,5)26(31,32)33)22-36-17-7-6-15(10-18(17)37-22)14(3)35-20(40)8-9-25(28,29)30/h6-7,10,12-14,19H,8-9,11H2,1-5H3,(H,35,40)(H,36,37)(H,38,41)/t14-,19+/m1/s1. The van der Waals surface area contributed by atoms with Crippen LogP contribution in [0.25, 0.3) is 11.0 Å². The van der Waals surface area contributed by atoms with E-state index < -0.39 is 78.5 Å². The van der Waals surface area contributed by atoms with Crippen molar-refractivity contribution >= 4 is 22.8 Å². The molecule has 0 aliphatic heterocycles. The largest absolute Gasteiger partial charge is 0.394 e. The molecule has 2 atom stereocenters. The molecule has 0 unspecified atom stereocenters. The lowest BCUT2D eigenvalue weighted by atomic mass is 9.84. The predicted octanol–water partition coefficient (Wildman–Crippen LogP) is 6.45. The fourth-order valence-electron chi connectivity index (χ4n) is 4.15. The molecule has 0 bridgehead atoms. The average Bonchev–Trinajstić information content (AvgIpc) is 3.44. The Bertz CT molecular complexity index is 1390. The smallest absolute Gasteiger partial charge is 0.350 e. The molecular formula is C26H31F7N6O2. The van der Waals surface area contributed by atoms with Crippen LogP contribution in [0, 0.1) is 11.2 Å². The topological polar surface area (TPSA) is 105 Å². The maximum absolute atomic E-state index is 14.5. The number of benzene rings is 1. The second-order valence-corrected chi connectivity index (χ2v) is 10.8. The first kappa shape index (κ1) is 31.9. The lowest BCUT2D eigenvalue weighted by Gasteiger charge is -2.31. The van der Waals surface area contributed by atoms with Crippen molar-refractivity contribution in [2.75, 3.05) is 0 Å². The number of alkyl halides is 6.